The van der Waals surface area contributed by atoms with Gasteiger partial charge in [0, 0.05) is 19.7 Å². The highest BCUT2D eigenvalue weighted by molar-refractivity contribution is 5.80. The maximum absolute atomic E-state index is 11.6. The predicted octanol–water partition coefficient (Wildman–Crippen LogP) is 1.96. The van der Waals surface area contributed by atoms with E-state index in [0.717, 1.165) is 5.56 Å². The molecule has 0 saturated carbocycles. The second-order valence-electron chi connectivity index (χ2n) is 5.05. The third kappa shape index (κ3) is 4.65. The monoisotopic (exact) mass is 264 g/mol. The highest BCUT2D eigenvalue weighted by Gasteiger charge is 2.13. The van der Waals surface area contributed by atoms with Gasteiger partial charge < -0.3 is 15.8 Å². The normalized spacial score (nSPS) is 14.2. The molecule has 4 nitrogen and oxygen atoms in total. The number of carbonyl (C=O) groups excluding carboxylic acids is 1. The number of hydrogen-bond acceptors (Lipinski definition) is 3. The van der Waals surface area contributed by atoms with Crippen molar-refractivity contribution in [3.8, 4) is 0 Å². The molecular formula is C15H24N2O2. The molecule has 4 heteroatoms. The van der Waals surface area contributed by atoms with Gasteiger partial charge >= 0.3 is 0 Å². The SMILES string of the molecule is COC(C)C(=O)NCC(N)c1ccc(C(C)C)cc1. The minimum atomic E-state index is -0.449. The number of hydrogen-bond donors (Lipinski definition) is 2. The number of methoxy groups -OCH3 is 1. The molecule has 2 unspecified atom stereocenters. The number of amides is 1. The minimum Gasteiger partial charge on any atom is -0.372 e. The number of carbonyl (C=O) groups is 1. The third-order valence-corrected chi connectivity index (χ3v) is 3.25. The van der Waals surface area contributed by atoms with Gasteiger partial charge in [0.15, 0.2) is 0 Å². The first-order valence-corrected chi connectivity index (χ1v) is 6.61. The van der Waals surface area contributed by atoms with Crippen molar-refractivity contribution < 1.29 is 9.53 Å². The van der Waals surface area contributed by atoms with E-state index in [9.17, 15) is 4.79 Å². The first-order chi connectivity index (χ1) is 8.95. The zero-order valence-electron chi connectivity index (χ0n) is 12.1. The van der Waals surface area contributed by atoms with Crippen LogP contribution < -0.4 is 11.1 Å². The van der Waals surface area contributed by atoms with Gasteiger partial charge in [0.2, 0.25) is 5.91 Å². The molecule has 0 spiro atoms. The molecule has 0 aliphatic heterocycles. The van der Waals surface area contributed by atoms with Gasteiger partial charge in [-0.3, -0.25) is 4.79 Å². The van der Waals surface area contributed by atoms with E-state index in [4.69, 9.17) is 10.5 Å². The average Bonchev–Trinajstić information content (AvgIpc) is 2.43. The molecule has 0 bridgehead atoms. The van der Waals surface area contributed by atoms with Crippen LogP contribution in [-0.4, -0.2) is 25.7 Å². The van der Waals surface area contributed by atoms with E-state index in [2.05, 4.69) is 31.3 Å². The van der Waals surface area contributed by atoms with Crippen LogP contribution in [0, 0.1) is 0 Å². The molecule has 0 radical (unpaired) electrons. The molecule has 0 aromatic heterocycles. The molecule has 0 aliphatic carbocycles. The van der Waals surface area contributed by atoms with Crippen molar-refractivity contribution in [1.29, 1.82) is 0 Å². The molecule has 2 atom stereocenters. The van der Waals surface area contributed by atoms with Crippen molar-refractivity contribution >= 4 is 5.91 Å². The van der Waals surface area contributed by atoms with Crippen molar-refractivity contribution in [2.75, 3.05) is 13.7 Å². The Morgan fingerprint density at radius 3 is 2.21 bits per heavy atom. The van der Waals surface area contributed by atoms with Crippen molar-refractivity contribution in [1.82, 2.24) is 5.32 Å². The smallest absolute Gasteiger partial charge is 0.248 e. The topological polar surface area (TPSA) is 64.3 Å². The van der Waals surface area contributed by atoms with Gasteiger partial charge in [0.25, 0.3) is 0 Å². The molecule has 0 saturated heterocycles. The van der Waals surface area contributed by atoms with Crippen LogP contribution in [0.3, 0.4) is 0 Å². The molecule has 1 aromatic carbocycles. The molecule has 1 aromatic rings. The maximum atomic E-state index is 11.6. The molecule has 1 rings (SSSR count). The quantitative estimate of drug-likeness (QED) is 0.825. The average molecular weight is 264 g/mol. The van der Waals surface area contributed by atoms with Gasteiger partial charge in [-0.15, -0.1) is 0 Å². The molecule has 3 N–H and O–H groups in total. The summed E-state index contributed by atoms with van der Waals surface area (Å²) in [7, 11) is 1.51. The van der Waals surface area contributed by atoms with E-state index < -0.39 is 6.10 Å². The van der Waals surface area contributed by atoms with E-state index in [-0.39, 0.29) is 11.9 Å². The fourth-order valence-corrected chi connectivity index (χ4v) is 1.71. The molecule has 1 amide bonds. The summed E-state index contributed by atoms with van der Waals surface area (Å²) in [4.78, 5) is 11.6. The van der Waals surface area contributed by atoms with Crippen molar-refractivity contribution in [2.24, 2.45) is 5.73 Å². The van der Waals surface area contributed by atoms with Gasteiger partial charge in [-0.1, -0.05) is 38.1 Å². The van der Waals surface area contributed by atoms with Crippen LogP contribution in [0.25, 0.3) is 0 Å². The second kappa shape index (κ2) is 7.26. The molecule has 0 heterocycles. The van der Waals surface area contributed by atoms with E-state index in [1.54, 1.807) is 6.92 Å². The fourth-order valence-electron chi connectivity index (χ4n) is 1.71. The summed E-state index contributed by atoms with van der Waals surface area (Å²) >= 11 is 0. The highest BCUT2D eigenvalue weighted by atomic mass is 16.5. The molecule has 19 heavy (non-hydrogen) atoms. The Labute approximate surface area is 115 Å². The van der Waals surface area contributed by atoms with E-state index in [1.165, 1.54) is 12.7 Å². The summed E-state index contributed by atoms with van der Waals surface area (Å²) in [6, 6.07) is 8.01. The second-order valence-corrected chi connectivity index (χ2v) is 5.05. The molecule has 106 valence electrons. The summed E-state index contributed by atoms with van der Waals surface area (Å²) in [6.45, 7) is 6.43. The van der Waals surface area contributed by atoms with Crippen LogP contribution in [0.5, 0.6) is 0 Å². The number of benzene rings is 1. The predicted molar refractivity (Wildman–Crippen MR) is 76.9 cm³/mol. The van der Waals surface area contributed by atoms with Crippen molar-refractivity contribution in [2.45, 2.75) is 38.8 Å². The summed E-state index contributed by atoms with van der Waals surface area (Å²) in [6.07, 6.45) is -0.449. The molecular weight excluding hydrogens is 240 g/mol. The minimum absolute atomic E-state index is 0.142. The zero-order valence-corrected chi connectivity index (χ0v) is 12.1. The Kier molecular flexibility index (Phi) is 5.99. The lowest BCUT2D eigenvalue weighted by atomic mass is 9.99. The summed E-state index contributed by atoms with van der Waals surface area (Å²) in [5.74, 6) is 0.365. The van der Waals surface area contributed by atoms with Crippen LogP contribution in [0.1, 0.15) is 43.9 Å². The number of nitrogens with one attached hydrogen (secondary N) is 1. The fraction of sp³-hybridized carbons (Fsp3) is 0.533. The third-order valence-electron chi connectivity index (χ3n) is 3.25. The van der Waals surface area contributed by atoms with Gasteiger partial charge in [-0.2, -0.15) is 0 Å². The van der Waals surface area contributed by atoms with Crippen molar-refractivity contribution in [3.05, 3.63) is 35.4 Å². The summed E-state index contributed by atoms with van der Waals surface area (Å²) in [5, 5.41) is 2.78. The van der Waals surface area contributed by atoms with Crippen LogP contribution in [0.2, 0.25) is 0 Å². The van der Waals surface area contributed by atoms with Crippen LogP contribution in [-0.2, 0) is 9.53 Å². The lowest BCUT2D eigenvalue weighted by molar-refractivity contribution is -0.130. The van der Waals surface area contributed by atoms with E-state index >= 15 is 0 Å². The highest BCUT2D eigenvalue weighted by Crippen LogP contribution is 2.17. The van der Waals surface area contributed by atoms with E-state index in [0.29, 0.717) is 12.5 Å². The number of ether oxygens (including phenoxy) is 1. The zero-order chi connectivity index (χ0) is 14.4. The van der Waals surface area contributed by atoms with Gasteiger partial charge in [0.05, 0.1) is 0 Å². The lowest BCUT2D eigenvalue weighted by Gasteiger charge is -2.16. The van der Waals surface area contributed by atoms with Crippen molar-refractivity contribution in [3.63, 3.8) is 0 Å². The van der Waals surface area contributed by atoms with Crippen LogP contribution in [0.15, 0.2) is 24.3 Å². The summed E-state index contributed by atoms with van der Waals surface area (Å²) in [5.41, 5.74) is 8.36. The van der Waals surface area contributed by atoms with Gasteiger partial charge in [-0.25, -0.2) is 0 Å². The Morgan fingerprint density at radius 2 is 1.74 bits per heavy atom. The Balaban J connectivity index is 2.54. The standard InChI is InChI=1S/C15H24N2O2/c1-10(2)12-5-7-13(8-6-12)14(16)9-17-15(18)11(3)19-4/h5-8,10-11,14H,9,16H2,1-4H3,(H,17,18). The molecule has 0 fully saturated rings. The molecule has 0 aliphatic rings. The Hall–Kier alpha value is -1.39. The first-order valence-electron chi connectivity index (χ1n) is 6.61. The Bertz CT molecular complexity index is 401. The Morgan fingerprint density at radius 1 is 1.21 bits per heavy atom. The number of rotatable bonds is 6. The van der Waals surface area contributed by atoms with Crippen LogP contribution >= 0.6 is 0 Å². The van der Waals surface area contributed by atoms with E-state index in [1.807, 2.05) is 12.1 Å². The number of nitrogens with two attached hydrogens (primary N) is 1. The van der Waals surface area contributed by atoms with Gasteiger partial charge in [0.1, 0.15) is 6.10 Å². The largest absolute Gasteiger partial charge is 0.372 e. The van der Waals surface area contributed by atoms with Crippen LogP contribution in [0.4, 0.5) is 0 Å². The first kappa shape index (κ1) is 15.7. The maximum Gasteiger partial charge on any atom is 0.248 e. The summed E-state index contributed by atoms with van der Waals surface area (Å²) < 4.78 is 4.94. The lowest BCUT2D eigenvalue weighted by Crippen LogP contribution is -2.38. The van der Waals surface area contributed by atoms with Gasteiger partial charge in [-0.05, 0) is 24.0 Å².